The van der Waals surface area contributed by atoms with Gasteiger partial charge >= 0.3 is 0 Å². The summed E-state index contributed by atoms with van der Waals surface area (Å²) in [5, 5.41) is 3.84. The van der Waals surface area contributed by atoms with Crippen molar-refractivity contribution >= 4 is 39.7 Å². The molecule has 31 heavy (non-hydrogen) atoms. The number of para-hydroxylation sites is 1. The molecule has 1 atom stereocenters. The zero-order chi connectivity index (χ0) is 26.5. The van der Waals surface area contributed by atoms with Gasteiger partial charge in [-0.3, -0.25) is 9.36 Å². The predicted molar refractivity (Wildman–Crippen MR) is 124 cm³/mol. The minimum atomic E-state index is -0.742. The molecule has 0 fully saturated rings. The van der Waals surface area contributed by atoms with E-state index in [2.05, 4.69) is 20.1 Å². The standard InChI is InChI=1S/C23H19ClN6O/c1-13(27-22-20(26-3)21(25)28-14(2)29-22)18-12-15-8-7-11-17(24)19(15)23(31)30(18)16-9-5-4-6-10-16/h4-13H,1-2H3,(H3,25,27,28,29)/t13-/m0/s1/i4D,5D,6D,9D,10D. The SMILES string of the molecule is [2H]c1c([2H])c([2H])c(-n2c([C@H](C)Nc3nc(C)nc(N)c3[N+]#[C-])cc3cccc(Cl)c3c2=O)c([2H])c1[2H]. The highest BCUT2D eigenvalue weighted by molar-refractivity contribution is 6.35. The minimum absolute atomic E-state index is 0.00649. The molecule has 2 aromatic carbocycles. The summed E-state index contributed by atoms with van der Waals surface area (Å²) in [5.41, 5.74) is 5.15. The van der Waals surface area contributed by atoms with E-state index >= 15 is 0 Å². The smallest absolute Gasteiger partial charge is 0.268 e. The quantitative estimate of drug-likeness (QED) is 0.438. The molecule has 0 amide bonds. The number of nitrogens with zero attached hydrogens (tertiary/aromatic N) is 4. The number of aryl methyl sites for hydroxylation is 1. The number of nitrogens with one attached hydrogen (secondary N) is 1. The molecule has 4 aromatic rings. The summed E-state index contributed by atoms with van der Waals surface area (Å²) in [6.07, 6.45) is 0. The number of hydrogen-bond donors (Lipinski definition) is 2. The van der Waals surface area contributed by atoms with Crippen molar-refractivity contribution in [3.8, 4) is 5.69 Å². The van der Waals surface area contributed by atoms with Crippen molar-refractivity contribution in [3.63, 3.8) is 0 Å². The molecule has 0 aliphatic carbocycles. The van der Waals surface area contributed by atoms with Gasteiger partial charge in [0.05, 0.1) is 29.9 Å². The third-order valence-electron chi connectivity index (χ3n) is 4.67. The van der Waals surface area contributed by atoms with Crippen molar-refractivity contribution in [2.24, 2.45) is 0 Å². The van der Waals surface area contributed by atoms with Crippen molar-refractivity contribution in [2.75, 3.05) is 11.1 Å². The molecular weight excluding hydrogens is 412 g/mol. The second kappa shape index (κ2) is 8.09. The van der Waals surface area contributed by atoms with Gasteiger partial charge in [0.25, 0.3) is 11.2 Å². The summed E-state index contributed by atoms with van der Waals surface area (Å²) in [6, 6.07) is 2.93. The molecule has 0 aliphatic rings. The van der Waals surface area contributed by atoms with Crippen LogP contribution in [0.2, 0.25) is 5.02 Å². The molecule has 0 saturated carbocycles. The van der Waals surface area contributed by atoms with E-state index in [0.717, 1.165) is 4.57 Å². The van der Waals surface area contributed by atoms with Gasteiger partial charge in [-0.1, -0.05) is 41.9 Å². The fourth-order valence-electron chi connectivity index (χ4n) is 3.32. The number of halogens is 1. The van der Waals surface area contributed by atoms with Gasteiger partial charge in [0.15, 0.2) is 0 Å². The second-order valence-corrected chi connectivity index (χ2v) is 7.13. The second-order valence-electron chi connectivity index (χ2n) is 6.72. The number of fused-ring (bicyclic) bond motifs is 1. The molecule has 3 N–H and O–H groups in total. The Morgan fingerprint density at radius 3 is 2.74 bits per heavy atom. The molecule has 0 unspecified atom stereocenters. The third kappa shape index (κ3) is 3.69. The zero-order valence-corrected chi connectivity index (χ0v) is 17.3. The summed E-state index contributed by atoms with van der Waals surface area (Å²) in [6.45, 7) is 10.7. The summed E-state index contributed by atoms with van der Waals surface area (Å²) in [4.78, 5) is 25.5. The lowest BCUT2D eigenvalue weighted by Gasteiger charge is -2.22. The molecule has 0 aliphatic heterocycles. The first-order valence-electron chi connectivity index (χ1n) is 11.7. The lowest BCUT2D eigenvalue weighted by Crippen LogP contribution is -2.26. The van der Waals surface area contributed by atoms with Crippen molar-refractivity contribution in [1.82, 2.24) is 14.5 Å². The van der Waals surface area contributed by atoms with Gasteiger partial charge < -0.3 is 11.1 Å². The zero-order valence-electron chi connectivity index (χ0n) is 21.5. The number of nitrogens with two attached hydrogens (primary N) is 1. The molecule has 2 aromatic heterocycles. The van der Waals surface area contributed by atoms with Crippen LogP contribution < -0.4 is 16.6 Å². The average molecular weight is 436 g/mol. The Bertz CT molecular complexity index is 1640. The van der Waals surface area contributed by atoms with E-state index in [9.17, 15) is 4.79 Å². The lowest BCUT2D eigenvalue weighted by atomic mass is 10.1. The number of anilines is 2. The van der Waals surface area contributed by atoms with Crippen LogP contribution in [0.25, 0.3) is 21.3 Å². The molecule has 2 heterocycles. The van der Waals surface area contributed by atoms with Crippen LogP contribution >= 0.6 is 11.6 Å². The van der Waals surface area contributed by atoms with E-state index in [1.807, 2.05) is 0 Å². The number of hydrogen-bond acceptors (Lipinski definition) is 5. The predicted octanol–water partition coefficient (Wildman–Crippen LogP) is 5.05. The third-order valence-corrected chi connectivity index (χ3v) is 4.98. The Morgan fingerprint density at radius 2 is 2.03 bits per heavy atom. The molecule has 7 nitrogen and oxygen atoms in total. The molecule has 154 valence electrons. The van der Waals surface area contributed by atoms with E-state index in [4.69, 9.17) is 30.8 Å². The van der Waals surface area contributed by atoms with Crippen LogP contribution in [0, 0.1) is 13.5 Å². The van der Waals surface area contributed by atoms with Crippen molar-refractivity contribution < 1.29 is 6.85 Å². The lowest BCUT2D eigenvalue weighted by molar-refractivity contribution is 0.772. The maximum atomic E-state index is 13.8. The number of nitrogen functional groups attached to an aromatic ring is 1. The fraction of sp³-hybridized carbons (Fsp3) is 0.130. The largest absolute Gasteiger partial charge is 0.392 e. The maximum absolute atomic E-state index is 13.8. The number of rotatable bonds is 4. The van der Waals surface area contributed by atoms with Crippen LogP contribution in [0.15, 0.2) is 59.3 Å². The average Bonchev–Trinajstić information content (AvgIpc) is 2.82. The van der Waals surface area contributed by atoms with Crippen LogP contribution in [0.4, 0.5) is 17.3 Å². The van der Waals surface area contributed by atoms with Gasteiger partial charge in [-0.2, -0.15) is 0 Å². The van der Waals surface area contributed by atoms with E-state index in [0.29, 0.717) is 11.2 Å². The first-order valence-corrected chi connectivity index (χ1v) is 9.55. The monoisotopic (exact) mass is 435 g/mol. The Kier molecular flexibility index (Phi) is 3.91. The van der Waals surface area contributed by atoms with Gasteiger partial charge in [0.1, 0.15) is 17.5 Å². The fourth-order valence-corrected chi connectivity index (χ4v) is 3.59. The van der Waals surface area contributed by atoms with Gasteiger partial charge in [-0.25, -0.2) is 14.8 Å². The Labute approximate surface area is 191 Å². The van der Waals surface area contributed by atoms with Crippen LogP contribution in [0.1, 0.15) is 31.3 Å². The van der Waals surface area contributed by atoms with Gasteiger partial charge in [0.2, 0.25) is 0 Å². The normalized spacial score (nSPS) is 14.1. The minimum Gasteiger partial charge on any atom is -0.392 e. The van der Waals surface area contributed by atoms with E-state index in [1.165, 1.54) is 6.07 Å². The molecule has 8 heteroatoms. The van der Waals surface area contributed by atoms with Crippen LogP contribution in [-0.4, -0.2) is 14.5 Å². The van der Waals surface area contributed by atoms with Crippen LogP contribution in [-0.2, 0) is 0 Å². The van der Waals surface area contributed by atoms with E-state index in [-0.39, 0.29) is 39.1 Å². The number of aromatic nitrogens is 3. The molecule has 0 spiro atoms. The Balaban J connectivity index is 2.07. The highest BCUT2D eigenvalue weighted by atomic mass is 35.5. The first kappa shape index (κ1) is 15.0. The molecule has 0 radical (unpaired) electrons. The maximum Gasteiger partial charge on any atom is 0.268 e. The van der Waals surface area contributed by atoms with E-state index in [1.54, 1.807) is 32.0 Å². The highest BCUT2D eigenvalue weighted by Gasteiger charge is 2.20. The molecular formula is C23H19ClN6O. The van der Waals surface area contributed by atoms with Crippen LogP contribution in [0.3, 0.4) is 0 Å². The Morgan fingerprint density at radius 1 is 1.29 bits per heavy atom. The molecule has 4 rings (SSSR count). The van der Waals surface area contributed by atoms with Gasteiger partial charge in [-0.15, -0.1) is 0 Å². The van der Waals surface area contributed by atoms with Crippen LogP contribution in [0.5, 0.6) is 0 Å². The Hall–Kier alpha value is -3.89. The number of pyridine rings is 1. The summed E-state index contributed by atoms with van der Waals surface area (Å²) in [7, 11) is 0. The van der Waals surface area contributed by atoms with Gasteiger partial charge in [0, 0.05) is 11.4 Å². The topological polar surface area (TPSA) is 90.2 Å². The summed E-state index contributed by atoms with van der Waals surface area (Å²) < 4.78 is 42.0. The number of benzene rings is 2. The highest BCUT2D eigenvalue weighted by Crippen LogP contribution is 2.32. The van der Waals surface area contributed by atoms with Crippen molar-refractivity contribution in [3.05, 3.63) is 92.8 Å². The first-order chi connectivity index (χ1) is 17.0. The van der Waals surface area contributed by atoms with Gasteiger partial charge in [-0.05, 0) is 43.5 Å². The molecule has 0 bridgehead atoms. The van der Waals surface area contributed by atoms with E-state index < -0.39 is 41.8 Å². The van der Waals surface area contributed by atoms with Crippen molar-refractivity contribution in [1.29, 1.82) is 0 Å². The molecule has 0 saturated heterocycles. The summed E-state index contributed by atoms with van der Waals surface area (Å²) >= 11 is 6.33. The van der Waals surface area contributed by atoms with Crippen molar-refractivity contribution in [2.45, 2.75) is 19.9 Å². The summed E-state index contributed by atoms with van der Waals surface area (Å²) in [5.74, 6) is 0.442.